The number of rotatable bonds is 18. The maximum atomic E-state index is 13.3. The topological polar surface area (TPSA) is 103 Å². The first kappa shape index (κ1) is 40.3. The van der Waals surface area contributed by atoms with E-state index in [4.69, 9.17) is 37.9 Å². The van der Waals surface area contributed by atoms with Gasteiger partial charge in [0.1, 0.15) is 31.0 Å². The van der Waals surface area contributed by atoms with Crippen LogP contribution >= 0.6 is 0 Å². The second kappa shape index (κ2) is 20.0. The minimum Gasteiger partial charge on any atom is -0.445 e. The van der Waals surface area contributed by atoms with Crippen LogP contribution in [0.1, 0.15) is 49.4 Å². The fraction of sp³-hybridized carbons (Fsp3) is 0.400. The van der Waals surface area contributed by atoms with Gasteiger partial charge in [0.15, 0.2) is 12.1 Å². The van der Waals surface area contributed by atoms with Crippen LogP contribution in [0.5, 0.6) is 0 Å². The zero-order valence-corrected chi connectivity index (χ0v) is 31.9. The van der Waals surface area contributed by atoms with Crippen molar-refractivity contribution < 1.29 is 42.7 Å². The van der Waals surface area contributed by atoms with E-state index in [-0.39, 0.29) is 25.9 Å². The summed E-state index contributed by atoms with van der Waals surface area (Å²) in [6.07, 6.45) is -2.58. The molecular formula is C45H53NO9. The molecule has 6 rings (SSSR count). The molecule has 1 amide bonds. The fourth-order valence-corrected chi connectivity index (χ4v) is 6.94. The van der Waals surface area contributed by atoms with Gasteiger partial charge in [-0.15, -0.1) is 6.58 Å². The molecule has 0 bridgehead atoms. The minimum absolute atomic E-state index is 0.00744. The van der Waals surface area contributed by atoms with Crippen LogP contribution in [0.15, 0.2) is 134 Å². The molecule has 0 aliphatic carbocycles. The van der Waals surface area contributed by atoms with Crippen molar-refractivity contribution in [3.63, 3.8) is 0 Å². The molecule has 0 radical (unpaired) electrons. The van der Waals surface area contributed by atoms with Crippen molar-refractivity contribution in [3.8, 4) is 0 Å². The maximum Gasteiger partial charge on any atom is 0.407 e. The number of hydrogen-bond acceptors (Lipinski definition) is 9. The number of carbonyl (C=O) groups is 1. The van der Waals surface area contributed by atoms with E-state index < -0.39 is 54.7 Å². The predicted octanol–water partition coefficient (Wildman–Crippen LogP) is 7.90. The fourth-order valence-electron chi connectivity index (χ4n) is 6.94. The molecule has 4 aromatic rings. The first-order valence-corrected chi connectivity index (χ1v) is 19.0. The maximum absolute atomic E-state index is 13.3. The highest BCUT2D eigenvalue weighted by Crippen LogP contribution is 2.34. The molecule has 292 valence electrons. The Morgan fingerprint density at radius 3 is 1.64 bits per heavy atom. The molecule has 0 spiro atoms. The number of alkyl carbamates (subject to hydrolysis) is 1. The summed E-state index contributed by atoms with van der Waals surface area (Å²) in [6, 6.07) is 38.7. The van der Waals surface area contributed by atoms with Crippen LogP contribution in [0.2, 0.25) is 0 Å². The molecule has 10 nitrogen and oxygen atoms in total. The zero-order chi connectivity index (χ0) is 38.5. The number of nitrogens with one attached hydrogen (secondary N) is 1. The van der Waals surface area contributed by atoms with Crippen molar-refractivity contribution in [2.75, 3.05) is 6.61 Å². The molecule has 8 unspecified atom stereocenters. The van der Waals surface area contributed by atoms with Crippen molar-refractivity contribution in [1.82, 2.24) is 5.32 Å². The Balaban J connectivity index is 1.27. The smallest absolute Gasteiger partial charge is 0.407 e. The van der Waals surface area contributed by atoms with E-state index in [1.807, 2.05) is 142 Å². The Bertz CT molecular complexity index is 1730. The van der Waals surface area contributed by atoms with Gasteiger partial charge in [-0.2, -0.15) is 0 Å². The summed E-state index contributed by atoms with van der Waals surface area (Å²) in [6.45, 7) is 10.7. The first-order valence-electron chi connectivity index (χ1n) is 19.0. The van der Waals surface area contributed by atoms with Crippen molar-refractivity contribution in [1.29, 1.82) is 0 Å². The summed E-state index contributed by atoms with van der Waals surface area (Å²) < 4.78 is 51.7. The summed E-state index contributed by atoms with van der Waals surface area (Å²) in [5.74, 6) is -0.866. The first-order chi connectivity index (χ1) is 26.8. The van der Waals surface area contributed by atoms with Crippen molar-refractivity contribution in [2.24, 2.45) is 0 Å². The van der Waals surface area contributed by atoms with Gasteiger partial charge in [-0.05, 0) is 49.4 Å². The third kappa shape index (κ3) is 11.8. The molecule has 1 N–H and O–H groups in total. The summed E-state index contributed by atoms with van der Waals surface area (Å²) in [7, 11) is 0. The second-order valence-corrected chi connectivity index (χ2v) is 14.3. The molecule has 2 aliphatic rings. The number of hydrogen-bond donors (Lipinski definition) is 1. The molecular weight excluding hydrogens is 698 g/mol. The second-order valence-electron chi connectivity index (χ2n) is 14.3. The standard InChI is InChI=1S/C45H53NO9/c1-5-18-38-40(48-27-33-19-10-6-11-20-33)41(49-28-34-21-12-7-13-22-34)42(50-29-35-23-14-8-15-24-35)43(53-38)51-31-37(39-32(2)54-45(3,4)55-39)46-44(47)52-30-36-25-16-9-17-26-36/h5-17,19-26,32,37-43H,1,18,27-31H2,2-4H3,(H,46,47). The van der Waals surface area contributed by atoms with Crippen LogP contribution in [-0.2, 0) is 64.3 Å². The van der Waals surface area contributed by atoms with Gasteiger partial charge in [-0.25, -0.2) is 4.79 Å². The minimum atomic E-state index is -0.929. The Kier molecular flexibility index (Phi) is 14.6. The van der Waals surface area contributed by atoms with Gasteiger partial charge in [0.2, 0.25) is 0 Å². The number of ether oxygens (including phenoxy) is 8. The predicted molar refractivity (Wildman–Crippen MR) is 208 cm³/mol. The molecule has 55 heavy (non-hydrogen) atoms. The van der Waals surface area contributed by atoms with Crippen LogP contribution < -0.4 is 5.32 Å². The molecule has 2 saturated heterocycles. The highest BCUT2D eigenvalue weighted by Gasteiger charge is 2.50. The molecule has 4 aromatic carbocycles. The van der Waals surface area contributed by atoms with E-state index in [1.165, 1.54) is 0 Å². The normalized spacial score (nSPS) is 25.2. The highest BCUT2D eigenvalue weighted by molar-refractivity contribution is 5.67. The van der Waals surface area contributed by atoms with E-state index >= 15 is 0 Å². The Hall–Kier alpha value is -4.39. The average molecular weight is 752 g/mol. The Morgan fingerprint density at radius 1 is 0.691 bits per heavy atom. The molecule has 8 atom stereocenters. The van der Waals surface area contributed by atoms with E-state index in [0.717, 1.165) is 22.3 Å². The molecule has 10 heteroatoms. The molecule has 2 heterocycles. The van der Waals surface area contributed by atoms with E-state index in [0.29, 0.717) is 19.6 Å². The van der Waals surface area contributed by atoms with Gasteiger partial charge in [0.05, 0.1) is 44.7 Å². The largest absolute Gasteiger partial charge is 0.445 e. The van der Waals surface area contributed by atoms with Crippen molar-refractivity contribution >= 4 is 6.09 Å². The summed E-state index contributed by atoms with van der Waals surface area (Å²) >= 11 is 0. The lowest BCUT2D eigenvalue weighted by Gasteiger charge is -2.46. The number of amides is 1. The average Bonchev–Trinajstić information content (AvgIpc) is 3.49. The summed E-state index contributed by atoms with van der Waals surface area (Å²) in [5.41, 5.74) is 3.87. The van der Waals surface area contributed by atoms with Gasteiger partial charge >= 0.3 is 6.09 Å². The SMILES string of the molecule is C=CCC1OC(OCC(NC(=O)OCc2ccccc2)C2OC(C)(C)OC2C)C(OCc2ccccc2)C(OCc2ccccc2)C1OCc1ccccc1. The van der Waals surface area contributed by atoms with Crippen LogP contribution in [-0.4, -0.2) is 67.4 Å². The van der Waals surface area contributed by atoms with Crippen LogP contribution in [0.3, 0.4) is 0 Å². The molecule has 0 aromatic heterocycles. The van der Waals surface area contributed by atoms with Gasteiger partial charge in [-0.1, -0.05) is 127 Å². The van der Waals surface area contributed by atoms with Crippen LogP contribution in [0, 0.1) is 0 Å². The Morgan fingerprint density at radius 2 is 1.16 bits per heavy atom. The van der Waals surface area contributed by atoms with Gasteiger partial charge in [-0.3, -0.25) is 0 Å². The van der Waals surface area contributed by atoms with Crippen molar-refractivity contribution in [2.45, 2.75) is 108 Å². The quantitative estimate of drug-likeness (QED) is 0.102. The molecule has 0 saturated carbocycles. The van der Waals surface area contributed by atoms with E-state index in [2.05, 4.69) is 11.9 Å². The van der Waals surface area contributed by atoms with Crippen LogP contribution in [0.4, 0.5) is 4.79 Å². The third-order valence-corrected chi connectivity index (χ3v) is 9.55. The van der Waals surface area contributed by atoms with Gasteiger partial charge < -0.3 is 43.2 Å². The summed E-state index contributed by atoms with van der Waals surface area (Å²) in [4.78, 5) is 13.3. The van der Waals surface area contributed by atoms with Gasteiger partial charge in [0.25, 0.3) is 0 Å². The number of benzene rings is 4. The van der Waals surface area contributed by atoms with E-state index in [9.17, 15) is 4.79 Å². The zero-order valence-electron chi connectivity index (χ0n) is 31.9. The monoisotopic (exact) mass is 751 g/mol. The van der Waals surface area contributed by atoms with Crippen LogP contribution in [0.25, 0.3) is 0 Å². The molecule has 2 aliphatic heterocycles. The lowest BCUT2D eigenvalue weighted by molar-refractivity contribution is -0.324. The van der Waals surface area contributed by atoms with Gasteiger partial charge in [0, 0.05) is 0 Å². The summed E-state index contributed by atoms with van der Waals surface area (Å²) in [5, 5.41) is 2.99. The van der Waals surface area contributed by atoms with Crippen molar-refractivity contribution in [3.05, 3.63) is 156 Å². The lowest BCUT2D eigenvalue weighted by atomic mass is 9.95. The highest BCUT2D eigenvalue weighted by atomic mass is 16.8. The molecule has 2 fully saturated rings. The number of carbonyl (C=O) groups excluding carboxylic acids is 1. The third-order valence-electron chi connectivity index (χ3n) is 9.55. The lowest BCUT2D eigenvalue weighted by Crippen LogP contribution is -2.61. The Labute approximate surface area is 324 Å². The van der Waals surface area contributed by atoms with E-state index in [1.54, 1.807) is 6.08 Å².